The van der Waals surface area contributed by atoms with Gasteiger partial charge in [0.25, 0.3) is 5.91 Å². The van der Waals surface area contributed by atoms with Crippen molar-refractivity contribution in [2.45, 2.75) is 13.8 Å². The van der Waals surface area contributed by atoms with Gasteiger partial charge in [0.05, 0.1) is 29.9 Å². The highest BCUT2D eigenvalue weighted by Gasteiger charge is 2.17. The number of hydrogen-bond donors (Lipinski definition) is 1. The van der Waals surface area contributed by atoms with Crippen LogP contribution in [0.25, 0.3) is 0 Å². The zero-order valence-corrected chi connectivity index (χ0v) is 14.4. The molecular formula is C19H18FNO5. The second-order valence-corrected chi connectivity index (χ2v) is 5.17. The number of carbonyl (C=O) groups is 3. The highest BCUT2D eigenvalue weighted by molar-refractivity contribution is 6.06. The van der Waals surface area contributed by atoms with Gasteiger partial charge >= 0.3 is 11.9 Å². The van der Waals surface area contributed by atoms with Crippen LogP contribution in [-0.4, -0.2) is 31.1 Å². The first-order valence-electron chi connectivity index (χ1n) is 8.01. The molecule has 0 aromatic heterocycles. The first kappa shape index (κ1) is 19.1. The fourth-order valence-corrected chi connectivity index (χ4v) is 2.21. The van der Waals surface area contributed by atoms with Gasteiger partial charge in [-0.25, -0.2) is 14.0 Å². The van der Waals surface area contributed by atoms with E-state index in [2.05, 4.69) is 5.32 Å². The van der Waals surface area contributed by atoms with Gasteiger partial charge in [-0.2, -0.15) is 0 Å². The first-order valence-corrected chi connectivity index (χ1v) is 8.01. The third kappa shape index (κ3) is 4.66. The number of carbonyl (C=O) groups excluding carboxylic acids is 3. The number of benzene rings is 2. The highest BCUT2D eigenvalue weighted by Crippen LogP contribution is 2.19. The summed E-state index contributed by atoms with van der Waals surface area (Å²) in [4.78, 5) is 36.3. The molecule has 0 spiro atoms. The van der Waals surface area contributed by atoms with Crippen molar-refractivity contribution < 1.29 is 28.2 Å². The van der Waals surface area contributed by atoms with Crippen molar-refractivity contribution in [3.8, 4) is 0 Å². The molecule has 2 aromatic carbocycles. The van der Waals surface area contributed by atoms with Crippen molar-refractivity contribution in [1.82, 2.24) is 0 Å². The van der Waals surface area contributed by atoms with Gasteiger partial charge in [-0.15, -0.1) is 0 Å². The Hall–Kier alpha value is -3.22. The molecule has 0 heterocycles. The zero-order valence-electron chi connectivity index (χ0n) is 14.4. The van der Waals surface area contributed by atoms with E-state index in [1.807, 2.05) is 0 Å². The molecule has 0 bridgehead atoms. The average Bonchev–Trinajstić information content (AvgIpc) is 2.62. The number of rotatable bonds is 6. The maximum absolute atomic E-state index is 13.7. The molecule has 0 aliphatic rings. The fraction of sp³-hybridized carbons (Fsp3) is 0.211. The quantitative estimate of drug-likeness (QED) is 0.799. The van der Waals surface area contributed by atoms with Crippen LogP contribution in [0.3, 0.4) is 0 Å². The molecule has 26 heavy (non-hydrogen) atoms. The fourth-order valence-electron chi connectivity index (χ4n) is 2.21. The predicted molar refractivity (Wildman–Crippen MR) is 92.7 cm³/mol. The van der Waals surface area contributed by atoms with Crippen LogP contribution in [0.5, 0.6) is 0 Å². The Morgan fingerprint density at radius 2 is 1.46 bits per heavy atom. The summed E-state index contributed by atoms with van der Waals surface area (Å²) in [6, 6.07) is 9.48. The largest absolute Gasteiger partial charge is 0.462 e. The molecule has 1 N–H and O–H groups in total. The first-order chi connectivity index (χ1) is 12.5. The van der Waals surface area contributed by atoms with Gasteiger partial charge in [0.15, 0.2) is 0 Å². The van der Waals surface area contributed by atoms with E-state index in [1.165, 1.54) is 36.4 Å². The number of ether oxygens (including phenoxy) is 2. The molecule has 7 heteroatoms. The molecule has 0 aliphatic heterocycles. The monoisotopic (exact) mass is 359 g/mol. The lowest BCUT2D eigenvalue weighted by atomic mass is 10.1. The lowest BCUT2D eigenvalue weighted by Gasteiger charge is -2.11. The maximum Gasteiger partial charge on any atom is 0.338 e. The Bertz CT molecular complexity index is 798. The van der Waals surface area contributed by atoms with Gasteiger partial charge in [-0.1, -0.05) is 12.1 Å². The molecule has 1 amide bonds. The van der Waals surface area contributed by atoms with Crippen molar-refractivity contribution in [2.24, 2.45) is 0 Å². The van der Waals surface area contributed by atoms with Gasteiger partial charge < -0.3 is 14.8 Å². The van der Waals surface area contributed by atoms with E-state index < -0.39 is 23.7 Å². The number of amides is 1. The summed E-state index contributed by atoms with van der Waals surface area (Å²) in [5.74, 6) is -2.70. The Morgan fingerprint density at radius 3 is 1.96 bits per heavy atom. The smallest absolute Gasteiger partial charge is 0.338 e. The van der Waals surface area contributed by atoms with E-state index in [0.29, 0.717) is 0 Å². The molecule has 2 rings (SSSR count). The van der Waals surface area contributed by atoms with Crippen LogP contribution < -0.4 is 5.32 Å². The van der Waals surface area contributed by atoms with Crippen molar-refractivity contribution in [3.05, 3.63) is 65.0 Å². The number of halogens is 1. The summed E-state index contributed by atoms with van der Waals surface area (Å²) >= 11 is 0. The van der Waals surface area contributed by atoms with Gasteiger partial charge in [-0.3, -0.25) is 4.79 Å². The topological polar surface area (TPSA) is 81.7 Å². The summed E-state index contributed by atoms with van der Waals surface area (Å²) in [5, 5.41) is 2.48. The van der Waals surface area contributed by atoms with Gasteiger partial charge in [-0.05, 0) is 44.2 Å². The second-order valence-electron chi connectivity index (χ2n) is 5.17. The molecule has 0 fully saturated rings. The van der Waals surface area contributed by atoms with Crippen LogP contribution in [0.4, 0.5) is 10.1 Å². The van der Waals surface area contributed by atoms with Gasteiger partial charge in [0.1, 0.15) is 5.82 Å². The van der Waals surface area contributed by atoms with E-state index in [9.17, 15) is 18.8 Å². The van der Waals surface area contributed by atoms with E-state index in [0.717, 1.165) is 6.07 Å². The minimum atomic E-state index is -0.709. The molecular weight excluding hydrogens is 341 g/mol. The molecule has 0 saturated heterocycles. The van der Waals surface area contributed by atoms with E-state index in [1.54, 1.807) is 13.8 Å². The van der Waals surface area contributed by atoms with E-state index in [4.69, 9.17) is 9.47 Å². The standard InChI is InChI=1S/C19H18FNO5/c1-3-25-18(23)12-9-13(19(24)26-4-2)11-14(10-12)21-17(22)15-7-5-6-8-16(15)20/h5-11H,3-4H2,1-2H3,(H,21,22). The Labute approximate surface area is 149 Å². The Balaban J connectivity index is 2.37. The molecule has 0 aliphatic carbocycles. The minimum Gasteiger partial charge on any atom is -0.462 e. The summed E-state index contributed by atoms with van der Waals surface area (Å²) < 4.78 is 23.6. The number of nitrogens with one attached hydrogen (secondary N) is 1. The van der Waals surface area contributed by atoms with Crippen LogP contribution in [0, 0.1) is 5.82 Å². The molecule has 0 unspecified atom stereocenters. The normalized spacial score (nSPS) is 10.1. The van der Waals surface area contributed by atoms with E-state index in [-0.39, 0.29) is 35.6 Å². The van der Waals surface area contributed by atoms with Crippen LogP contribution in [0.15, 0.2) is 42.5 Å². The van der Waals surface area contributed by atoms with Crippen molar-refractivity contribution in [2.75, 3.05) is 18.5 Å². The number of anilines is 1. The molecule has 136 valence electrons. The van der Waals surface area contributed by atoms with Gasteiger partial charge in [0, 0.05) is 5.69 Å². The molecule has 0 atom stereocenters. The van der Waals surface area contributed by atoms with Crippen molar-refractivity contribution >= 4 is 23.5 Å². The maximum atomic E-state index is 13.7. The molecule has 2 aromatic rings. The highest BCUT2D eigenvalue weighted by atomic mass is 19.1. The predicted octanol–water partition coefficient (Wildman–Crippen LogP) is 3.43. The Kier molecular flexibility index (Phi) is 6.43. The third-order valence-corrected chi connectivity index (χ3v) is 3.33. The van der Waals surface area contributed by atoms with Crippen LogP contribution in [-0.2, 0) is 9.47 Å². The third-order valence-electron chi connectivity index (χ3n) is 3.33. The zero-order chi connectivity index (χ0) is 19.1. The minimum absolute atomic E-state index is 0.0706. The SMILES string of the molecule is CCOC(=O)c1cc(NC(=O)c2ccccc2F)cc(C(=O)OCC)c1. The Morgan fingerprint density at radius 1 is 0.923 bits per heavy atom. The summed E-state index contributed by atoms with van der Waals surface area (Å²) in [6.45, 7) is 3.60. The number of hydrogen-bond acceptors (Lipinski definition) is 5. The van der Waals surface area contributed by atoms with Crippen LogP contribution in [0.2, 0.25) is 0 Å². The number of esters is 2. The summed E-state index contributed by atoms with van der Waals surface area (Å²) in [7, 11) is 0. The van der Waals surface area contributed by atoms with Crippen LogP contribution >= 0.6 is 0 Å². The lowest BCUT2D eigenvalue weighted by Crippen LogP contribution is -2.16. The lowest BCUT2D eigenvalue weighted by molar-refractivity contribution is 0.0525. The average molecular weight is 359 g/mol. The van der Waals surface area contributed by atoms with Crippen molar-refractivity contribution in [1.29, 1.82) is 0 Å². The molecule has 0 saturated carbocycles. The van der Waals surface area contributed by atoms with E-state index >= 15 is 0 Å². The van der Waals surface area contributed by atoms with Gasteiger partial charge in [0.2, 0.25) is 0 Å². The summed E-state index contributed by atoms with van der Waals surface area (Å²) in [5.41, 5.74) is 0.126. The van der Waals surface area contributed by atoms with Crippen molar-refractivity contribution in [3.63, 3.8) is 0 Å². The van der Waals surface area contributed by atoms with Crippen LogP contribution in [0.1, 0.15) is 44.9 Å². The second kappa shape index (κ2) is 8.75. The molecule has 0 radical (unpaired) electrons. The molecule has 6 nitrogen and oxygen atoms in total. The summed E-state index contributed by atoms with van der Waals surface area (Å²) in [6.07, 6.45) is 0.